The van der Waals surface area contributed by atoms with E-state index in [1.807, 2.05) is 44.2 Å². The molecule has 8 heteroatoms. The summed E-state index contributed by atoms with van der Waals surface area (Å²) in [5, 5.41) is 10.4. The molecular weight excluding hydrogens is 376 g/mol. The van der Waals surface area contributed by atoms with Gasteiger partial charge in [-0.2, -0.15) is 0 Å². The van der Waals surface area contributed by atoms with Gasteiger partial charge in [-0.25, -0.2) is 4.98 Å². The molecule has 146 valence electrons. The molecule has 0 spiro atoms. The van der Waals surface area contributed by atoms with E-state index in [1.54, 1.807) is 20.3 Å². The van der Waals surface area contributed by atoms with E-state index in [0.29, 0.717) is 22.5 Å². The number of carbonyl (C=O) groups is 1. The molecule has 1 aromatic heterocycles. The van der Waals surface area contributed by atoms with Crippen molar-refractivity contribution in [2.75, 3.05) is 25.3 Å². The lowest BCUT2D eigenvalue weighted by atomic mass is 10.1. The van der Waals surface area contributed by atoms with E-state index >= 15 is 0 Å². The Morgan fingerprint density at radius 1 is 1.07 bits per heavy atom. The van der Waals surface area contributed by atoms with E-state index in [0.717, 1.165) is 16.8 Å². The summed E-state index contributed by atoms with van der Waals surface area (Å²) < 4.78 is 10.6. The van der Waals surface area contributed by atoms with Crippen molar-refractivity contribution in [3.05, 3.63) is 47.5 Å². The normalized spacial score (nSPS) is 10.6. The van der Waals surface area contributed by atoms with Gasteiger partial charge in [0.2, 0.25) is 11.1 Å². The highest BCUT2D eigenvalue weighted by atomic mass is 32.2. The number of nitrogens with one attached hydrogen (secondary N) is 2. The van der Waals surface area contributed by atoms with Gasteiger partial charge in [0.15, 0.2) is 5.82 Å². The molecule has 0 saturated carbocycles. The zero-order chi connectivity index (χ0) is 20.1. The molecule has 3 rings (SSSR count). The number of nitrogens with zero attached hydrogens (tertiary/aromatic N) is 2. The summed E-state index contributed by atoms with van der Waals surface area (Å²) in [4.78, 5) is 16.6. The van der Waals surface area contributed by atoms with Crippen LogP contribution in [-0.2, 0) is 4.79 Å². The van der Waals surface area contributed by atoms with E-state index in [1.165, 1.54) is 17.3 Å². The number of H-pyrrole nitrogens is 1. The minimum atomic E-state index is -0.109. The summed E-state index contributed by atoms with van der Waals surface area (Å²) >= 11 is 1.26. The number of ether oxygens (including phenoxy) is 2. The number of methoxy groups -OCH3 is 2. The van der Waals surface area contributed by atoms with E-state index in [2.05, 4.69) is 20.5 Å². The highest BCUT2D eigenvalue weighted by molar-refractivity contribution is 7.99. The number of carbonyl (C=O) groups excluding carboxylic acids is 1. The van der Waals surface area contributed by atoms with Crippen LogP contribution >= 0.6 is 11.8 Å². The smallest absolute Gasteiger partial charge is 0.234 e. The number of hydrogen-bond donors (Lipinski definition) is 2. The fourth-order valence-corrected chi connectivity index (χ4v) is 3.13. The van der Waals surface area contributed by atoms with Crippen molar-refractivity contribution in [2.45, 2.75) is 19.0 Å². The summed E-state index contributed by atoms with van der Waals surface area (Å²) in [5.41, 5.74) is 3.90. The average molecular weight is 398 g/mol. The lowest BCUT2D eigenvalue weighted by Crippen LogP contribution is -2.14. The monoisotopic (exact) mass is 398 g/mol. The molecule has 1 heterocycles. The molecule has 0 aliphatic heterocycles. The number of aromatic amines is 1. The van der Waals surface area contributed by atoms with Gasteiger partial charge < -0.3 is 14.8 Å². The molecule has 3 aromatic rings. The highest BCUT2D eigenvalue weighted by Crippen LogP contribution is 2.28. The third kappa shape index (κ3) is 4.83. The molecule has 7 nitrogen and oxygen atoms in total. The van der Waals surface area contributed by atoms with Crippen LogP contribution in [0, 0.1) is 13.8 Å². The Hall–Kier alpha value is -3.00. The fourth-order valence-electron chi connectivity index (χ4n) is 2.53. The highest BCUT2D eigenvalue weighted by Gasteiger charge is 2.11. The van der Waals surface area contributed by atoms with Gasteiger partial charge in [0.05, 0.1) is 20.0 Å². The van der Waals surface area contributed by atoms with Crippen molar-refractivity contribution in [3.63, 3.8) is 0 Å². The van der Waals surface area contributed by atoms with Crippen LogP contribution in [0.3, 0.4) is 0 Å². The lowest BCUT2D eigenvalue weighted by molar-refractivity contribution is -0.113. The first-order valence-corrected chi connectivity index (χ1v) is 9.63. The molecule has 0 atom stereocenters. The Labute approximate surface area is 167 Å². The Bertz CT molecular complexity index is 965. The van der Waals surface area contributed by atoms with Crippen LogP contribution in [0.15, 0.2) is 41.6 Å². The van der Waals surface area contributed by atoms with Gasteiger partial charge in [0.25, 0.3) is 0 Å². The maximum Gasteiger partial charge on any atom is 0.234 e. The summed E-state index contributed by atoms with van der Waals surface area (Å²) in [6, 6.07) is 11.3. The molecule has 0 fully saturated rings. The predicted molar refractivity (Wildman–Crippen MR) is 110 cm³/mol. The van der Waals surface area contributed by atoms with Crippen LogP contribution in [0.1, 0.15) is 11.1 Å². The number of amides is 1. The summed E-state index contributed by atoms with van der Waals surface area (Å²) in [6.07, 6.45) is 0. The van der Waals surface area contributed by atoms with Crippen molar-refractivity contribution in [3.8, 4) is 22.9 Å². The molecular formula is C20H22N4O3S. The van der Waals surface area contributed by atoms with Crippen LogP contribution in [0.4, 0.5) is 5.69 Å². The number of hydrogen-bond acceptors (Lipinski definition) is 6. The van der Waals surface area contributed by atoms with Gasteiger partial charge in [-0.1, -0.05) is 17.8 Å². The van der Waals surface area contributed by atoms with Crippen molar-refractivity contribution >= 4 is 23.4 Å². The Morgan fingerprint density at radius 3 is 2.43 bits per heavy atom. The number of rotatable bonds is 7. The van der Waals surface area contributed by atoms with E-state index in [4.69, 9.17) is 9.47 Å². The summed E-state index contributed by atoms with van der Waals surface area (Å²) in [7, 11) is 3.18. The topological polar surface area (TPSA) is 89.1 Å². The number of anilines is 1. The SMILES string of the molecule is COc1cc(OC)cc(-c2nc(SCC(=O)Nc3ccc(C)c(C)c3)n[nH]2)c1. The Kier molecular flexibility index (Phi) is 6.20. The van der Waals surface area contributed by atoms with E-state index < -0.39 is 0 Å². The van der Waals surface area contributed by atoms with Crippen molar-refractivity contribution in [2.24, 2.45) is 0 Å². The van der Waals surface area contributed by atoms with Gasteiger partial charge in [0.1, 0.15) is 11.5 Å². The minimum Gasteiger partial charge on any atom is -0.497 e. The van der Waals surface area contributed by atoms with Crippen molar-refractivity contribution in [1.29, 1.82) is 0 Å². The molecule has 2 N–H and O–H groups in total. The largest absolute Gasteiger partial charge is 0.497 e. The van der Waals surface area contributed by atoms with Crippen LogP contribution in [-0.4, -0.2) is 41.1 Å². The Balaban J connectivity index is 1.63. The third-order valence-corrected chi connectivity index (χ3v) is 5.06. The second kappa shape index (κ2) is 8.79. The average Bonchev–Trinajstić information content (AvgIpc) is 3.18. The quantitative estimate of drug-likeness (QED) is 0.588. The first kappa shape index (κ1) is 19.8. The standard InChI is InChI=1S/C20H22N4O3S/c1-12-5-6-15(7-13(12)2)21-18(25)11-28-20-22-19(23-24-20)14-8-16(26-3)10-17(9-14)27-4/h5-10H,11H2,1-4H3,(H,21,25)(H,22,23,24). The first-order chi connectivity index (χ1) is 13.5. The van der Waals surface area contributed by atoms with Gasteiger partial charge in [-0.15, -0.1) is 5.10 Å². The maximum absolute atomic E-state index is 12.2. The van der Waals surface area contributed by atoms with Crippen LogP contribution < -0.4 is 14.8 Å². The lowest BCUT2D eigenvalue weighted by Gasteiger charge is -2.07. The van der Waals surface area contributed by atoms with Crippen LogP contribution in [0.25, 0.3) is 11.4 Å². The molecule has 0 aliphatic rings. The third-order valence-electron chi connectivity index (χ3n) is 4.21. The van der Waals surface area contributed by atoms with E-state index in [-0.39, 0.29) is 11.7 Å². The zero-order valence-electron chi connectivity index (χ0n) is 16.2. The van der Waals surface area contributed by atoms with Crippen LogP contribution in [0.5, 0.6) is 11.5 Å². The zero-order valence-corrected chi connectivity index (χ0v) is 17.0. The van der Waals surface area contributed by atoms with Crippen LogP contribution in [0.2, 0.25) is 0 Å². The summed E-state index contributed by atoms with van der Waals surface area (Å²) in [5.74, 6) is 2.00. The molecule has 28 heavy (non-hydrogen) atoms. The van der Waals surface area contributed by atoms with E-state index in [9.17, 15) is 4.79 Å². The summed E-state index contributed by atoms with van der Waals surface area (Å²) in [6.45, 7) is 4.05. The van der Waals surface area contributed by atoms with Crippen molar-refractivity contribution in [1.82, 2.24) is 15.2 Å². The fraction of sp³-hybridized carbons (Fsp3) is 0.250. The molecule has 0 unspecified atom stereocenters. The second-order valence-corrected chi connectivity index (χ2v) is 7.15. The molecule has 1 amide bonds. The second-order valence-electron chi connectivity index (χ2n) is 6.20. The van der Waals surface area contributed by atoms with Crippen molar-refractivity contribution < 1.29 is 14.3 Å². The molecule has 2 aromatic carbocycles. The molecule has 0 radical (unpaired) electrons. The van der Waals surface area contributed by atoms with Gasteiger partial charge in [-0.3, -0.25) is 9.89 Å². The first-order valence-electron chi connectivity index (χ1n) is 8.64. The Morgan fingerprint density at radius 2 is 1.79 bits per heavy atom. The number of aryl methyl sites for hydroxylation is 2. The van der Waals surface area contributed by atoms with Gasteiger partial charge >= 0.3 is 0 Å². The molecule has 0 saturated heterocycles. The number of aromatic nitrogens is 3. The number of thioether (sulfide) groups is 1. The minimum absolute atomic E-state index is 0.109. The maximum atomic E-state index is 12.2. The number of benzene rings is 2. The predicted octanol–water partition coefficient (Wildman–Crippen LogP) is 3.84. The molecule has 0 aliphatic carbocycles. The van der Waals surface area contributed by atoms with Gasteiger partial charge in [-0.05, 0) is 49.2 Å². The van der Waals surface area contributed by atoms with Gasteiger partial charge in [0, 0.05) is 17.3 Å². The molecule has 0 bridgehead atoms.